The zero-order chi connectivity index (χ0) is 19.1. The number of phenols is 1. The van der Waals surface area contributed by atoms with Gasteiger partial charge in [0, 0.05) is 26.2 Å². The van der Waals surface area contributed by atoms with Gasteiger partial charge in [-0.05, 0) is 31.7 Å². The van der Waals surface area contributed by atoms with Crippen molar-refractivity contribution in [2.24, 2.45) is 5.92 Å². The van der Waals surface area contributed by atoms with E-state index in [1.54, 1.807) is 27.2 Å². The van der Waals surface area contributed by atoms with Crippen LogP contribution in [0.3, 0.4) is 0 Å². The lowest BCUT2D eigenvalue weighted by atomic mass is 10.0. The van der Waals surface area contributed by atoms with Crippen LogP contribution in [0.25, 0.3) is 0 Å². The molecule has 1 heterocycles. The summed E-state index contributed by atoms with van der Waals surface area (Å²) in [6.45, 7) is 4.50. The maximum absolute atomic E-state index is 12.3. The highest BCUT2D eigenvalue weighted by Crippen LogP contribution is 2.27. The van der Waals surface area contributed by atoms with Gasteiger partial charge in [0.25, 0.3) is 5.91 Å². The van der Waals surface area contributed by atoms with Crippen LogP contribution < -0.4 is 5.32 Å². The number of phenolic OH excluding ortho intramolecular Hbond substituents is 1. The van der Waals surface area contributed by atoms with Gasteiger partial charge in [0.15, 0.2) is 0 Å². The molecule has 0 bridgehead atoms. The summed E-state index contributed by atoms with van der Waals surface area (Å²) < 4.78 is 0. The summed E-state index contributed by atoms with van der Waals surface area (Å²) in [5, 5.41) is 21.7. The minimum Gasteiger partial charge on any atom is -0.506 e. The quantitative estimate of drug-likeness (QED) is 0.815. The number of nitrogens with zero attached hydrogens (tertiary/aromatic N) is 3. The minimum absolute atomic E-state index is 0.158. The highest BCUT2D eigenvalue weighted by atomic mass is 16.3. The van der Waals surface area contributed by atoms with Gasteiger partial charge in [-0.1, -0.05) is 13.8 Å². The average Bonchev–Trinajstić information content (AvgIpc) is 2.98. The Kier molecular flexibility index (Phi) is 7.40. The van der Waals surface area contributed by atoms with Gasteiger partial charge in [0.2, 0.25) is 5.91 Å². The smallest absolute Gasteiger partial charge is 0.253 e. The van der Waals surface area contributed by atoms with E-state index in [0.29, 0.717) is 18.5 Å². The van der Waals surface area contributed by atoms with E-state index in [-0.39, 0.29) is 35.2 Å². The van der Waals surface area contributed by atoms with Crippen molar-refractivity contribution in [1.29, 1.82) is 5.26 Å². The summed E-state index contributed by atoms with van der Waals surface area (Å²) in [5.41, 5.74) is 0.601. The Morgan fingerprint density at radius 1 is 1.36 bits per heavy atom. The molecule has 0 aromatic heterocycles. The standard InChI is InChI=1S/C16H20N4O3.C2H6/c1-19(2)16(23)10-4-5-13(14(21)7-10)18-15(22)11-6-12(8-17)20(3)9-11;1-2/h4-5,7,11-12,21H,6,9H2,1-3H3,(H,18,22);1-2H3. The molecule has 1 aromatic rings. The highest BCUT2D eigenvalue weighted by molar-refractivity contribution is 5.97. The fourth-order valence-electron chi connectivity index (χ4n) is 2.60. The zero-order valence-electron chi connectivity index (χ0n) is 15.4. The van der Waals surface area contributed by atoms with Gasteiger partial charge in [-0.2, -0.15) is 5.26 Å². The summed E-state index contributed by atoms with van der Waals surface area (Å²) in [4.78, 5) is 27.3. The van der Waals surface area contributed by atoms with Gasteiger partial charge >= 0.3 is 0 Å². The molecule has 0 spiro atoms. The van der Waals surface area contributed by atoms with Crippen LogP contribution in [0.1, 0.15) is 30.6 Å². The molecule has 136 valence electrons. The van der Waals surface area contributed by atoms with Gasteiger partial charge < -0.3 is 15.3 Å². The van der Waals surface area contributed by atoms with Crippen LogP contribution in [0.2, 0.25) is 0 Å². The fraction of sp³-hybridized carbons (Fsp3) is 0.500. The van der Waals surface area contributed by atoms with Crippen molar-refractivity contribution in [3.8, 4) is 11.8 Å². The molecule has 1 aliphatic heterocycles. The molecule has 0 saturated carbocycles. The Morgan fingerprint density at radius 2 is 2.00 bits per heavy atom. The third-order valence-corrected chi connectivity index (χ3v) is 3.98. The number of nitrogens with one attached hydrogen (secondary N) is 1. The molecular formula is C18H26N4O3. The van der Waals surface area contributed by atoms with E-state index in [1.165, 1.54) is 17.0 Å². The van der Waals surface area contributed by atoms with Crippen molar-refractivity contribution < 1.29 is 14.7 Å². The summed E-state index contributed by atoms with van der Waals surface area (Å²) in [6.07, 6.45) is 0.469. The Bertz CT molecular complexity index is 667. The monoisotopic (exact) mass is 346 g/mol. The van der Waals surface area contributed by atoms with E-state index in [9.17, 15) is 14.7 Å². The van der Waals surface area contributed by atoms with E-state index < -0.39 is 0 Å². The number of carbonyl (C=O) groups excluding carboxylic acids is 2. The van der Waals surface area contributed by atoms with E-state index >= 15 is 0 Å². The maximum Gasteiger partial charge on any atom is 0.253 e. The molecule has 0 aliphatic carbocycles. The number of benzene rings is 1. The van der Waals surface area contributed by atoms with E-state index in [4.69, 9.17) is 5.26 Å². The molecule has 25 heavy (non-hydrogen) atoms. The number of amides is 2. The lowest BCUT2D eigenvalue weighted by Crippen LogP contribution is -2.26. The third kappa shape index (κ3) is 4.94. The third-order valence-electron chi connectivity index (χ3n) is 3.98. The van der Waals surface area contributed by atoms with Crippen LogP contribution in [0, 0.1) is 17.2 Å². The van der Waals surface area contributed by atoms with Crippen LogP contribution >= 0.6 is 0 Å². The van der Waals surface area contributed by atoms with Gasteiger partial charge in [-0.3, -0.25) is 14.5 Å². The number of hydrogen-bond acceptors (Lipinski definition) is 5. The summed E-state index contributed by atoms with van der Waals surface area (Å²) >= 11 is 0. The predicted octanol–water partition coefficient (Wildman–Crippen LogP) is 1.90. The molecule has 7 nitrogen and oxygen atoms in total. The van der Waals surface area contributed by atoms with E-state index in [2.05, 4.69) is 11.4 Å². The largest absolute Gasteiger partial charge is 0.506 e. The van der Waals surface area contributed by atoms with Crippen LogP contribution in [-0.4, -0.2) is 60.5 Å². The minimum atomic E-state index is -0.299. The first-order valence-corrected chi connectivity index (χ1v) is 8.29. The fourth-order valence-corrected chi connectivity index (χ4v) is 2.60. The van der Waals surface area contributed by atoms with Gasteiger partial charge in [-0.15, -0.1) is 0 Å². The molecule has 2 atom stereocenters. The first-order valence-electron chi connectivity index (χ1n) is 8.29. The number of likely N-dealkylation sites (tertiary alicyclic amines) is 1. The number of rotatable bonds is 3. The van der Waals surface area contributed by atoms with Crippen LogP contribution in [0.5, 0.6) is 5.75 Å². The topological polar surface area (TPSA) is 96.7 Å². The van der Waals surface area contributed by atoms with Gasteiger partial charge in [-0.25, -0.2) is 0 Å². The predicted molar refractivity (Wildman–Crippen MR) is 96.2 cm³/mol. The van der Waals surface area contributed by atoms with Crippen molar-refractivity contribution in [2.45, 2.75) is 26.3 Å². The lowest BCUT2D eigenvalue weighted by Gasteiger charge is -2.14. The van der Waals surface area contributed by atoms with Crippen molar-refractivity contribution in [3.05, 3.63) is 23.8 Å². The summed E-state index contributed by atoms with van der Waals surface area (Å²) in [5.74, 6) is -0.926. The molecule has 1 aliphatic rings. The number of aromatic hydroxyl groups is 1. The van der Waals surface area contributed by atoms with Crippen LogP contribution in [-0.2, 0) is 4.79 Å². The molecule has 1 aromatic carbocycles. The van der Waals surface area contributed by atoms with E-state index in [1.807, 2.05) is 18.7 Å². The van der Waals surface area contributed by atoms with Crippen molar-refractivity contribution in [1.82, 2.24) is 9.80 Å². The average molecular weight is 346 g/mol. The molecule has 1 saturated heterocycles. The Balaban J connectivity index is 0.00000151. The molecule has 0 radical (unpaired) electrons. The molecule has 7 heteroatoms. The first-order chi connectivity index (χ1) is 11.8. The number of carbonyl (C=O) groups is 2. The van der Waals surface area contributed by atoms with Crippen molar-refractivity contribution >= 4 is 17.5 Å². The van der Waals surface area contributed by atoms with Crippen molar-refractivity contribution in [3.63, 3.8) is 0 Å². The highest BCUT2D eigenvalue weighted by Gasteiger charge is 2.34. The van der Waals surface area contributed by atoms with Gasteiger partial charge in [0.05, 0.1) is 23.7 Å². The maximum atomic E-state index is 12.3. The van der Waals surface area contributed by atoms with Crippen molar-refractivity contribution in [2.75, 3.05) is 33.0 Å². The summed E-state index contributed by atoms with van der Waals surface area (Å²) in [7, 11) is 5.05. The second-order valence-corrected chi connectivity index (χ2v) is 5.94. The second kappa shape index (κ2) is 9.04. The normalized spacial score (nSPS) is 19.4. The number of hydrogen-bond donors (Lipinski definition) is 2. The van der Waals surface area contributed by atoms with E-state index in [0.717, 1.165) is 0 Å². The Morgan fingerprint density at radius 3 is 2.48 bits per heavy atom. The lowest BCUT2D eigenvalue weighted by molar-refractivity contribution is -0.119. The molecule has 2 unspecified atom stereocenters. The number of anilines is 1. The molecule has 2 rings (SSSR count). The van der Waals surface area contributed by atoms with Crippen LogP contribution in [0.15, 0.2) is 18.2 Å². The molecular weight excluding hydrogens is 320 g/mol. The molecule has 2 N–H and O–H groups in total. The zero-order valence-corrected chi connectivity index (χ0v) is 15.4. The Labute approximate surface area is 148 Å². The van der Waals surface area contributed by atoms with Gasteiger partial charge in [0.1, 0.15) is 5.75 Å². The SMILES string of the molecule is CC.CN(C)C(=O)c1ccc(NC(=O)C2CC(C#N)N(C)C2)c(O)c1. The summed E-state index contributed by atoms with van der Waals surface area (Å²) in [6, 6.07) is 6.28. The van der Waals surface area contributed by atoms with Crippen LogP contribution in [0.4, 0.5) is 5.69 Å². The molecule has 1 fully saturated rings. The Hall–Kier alpha value is -2.59. The first kappa shape index (κ1) is 20.5. The second-order valence-electron chi connectivity index (χ2n) is 5.94. The number of nitriles is 1. The molecule has 2 amide bonds.